The smallest absolute Gasteiger partial charge is 0.229 e. The largest absolute Gasteiger partial charge is 0.360 e. The molecule has 1 aromatic heterocycles. The Hall–Kier alpha value is -1.65. The molecule has 10 heteroatoms. The highest BCUT2D eigenvalue weighted by Gasteiger charge is 2.19. The van der Waals surface area contributed by atoms with Gasteiger partial charge in [-0.3, -0.25) is 9.52 Å². The van der Waals surface area contributed by atoms with Crippen molar-refractivity contribution in [2.24, 2.45) is 5.92 Å². The first kappa shape index (κ1) is 20.7. The van der Waals surface area contributed by atoms with Gasteiger partial charge in [0.05, 0.1) is 11.5 Å². The van der Waals surface area contributed by atoms with Crippen LogP contribution in [0, 0.1) is 5.92 Å². The molecule has 0 saturated carbocycles. The number of anilines is 2. The van der Waals surface area contributed by atoms with Crippen molar-refractivity contribution < 1.29 is 13.2 Å². The lowest BCUT2D eigenvalue weighted by Gasteiger charge is -2.09. The summed E-state index contributed by atoms with van der Waals surface area (Å²) in [7, 11) is -3.33. The summed E-state index contributed by atoms with van der Waals surface area (Å²) in [6.45, 7) is 6.86. The maximum atomic E-state index is 12.5. The van der Waals surface area contributed by atoms with Gasteiger partial charge in [0.25, 0.3) is 0 Å². The van der Waals surface area contributed by atoms with Gasteiger partial charge in [-0.2, -0.15) is 0 Å². The van der Waals surface area contributed by atoms with E-state index >= 15 is 0 Å². The maximum Gasteiger partial charge on any atom is 0.229 e. The lowest BCUT2D eigenvalue weighted by molar-refractivity contribution is 0.0994. The van der Waals surface area contributed by atoms with E-state index in [2.05, 4.69) is 34.1 Å². The minimum atomic E-state index is -3.33. The van der Waals surface area contributed by atoms with E-state index in [1.54, 1.807) is 24.3 Å². The molecule has 2 aromatic rings. The van der Waals surface area contributed by atoms with Crippen LogP contribution in [0.4, 0.5) is 10.8 Å². The number of carbonyl (C=O) groups is 1. The van der Waals surface area contributed by atoms with Crippen molar-refractivity contribution in [1.29, 1.82) is 0 Å². The molecule has 0 aliphatic heterocycles. The van der Waals surface area contributed by atoms with E-state index in [0.717, 1.165) is 22.3 Å². The quantitative estimate of drug-likeness (QED) is 0.479. The zero-order valence-corrected chi connectivity index (χ0v) is 17.5. The average molecular weight is 415 g/mol. The summed E-state index contributed by atoms with van der Waals surface area (Å²) >= 11 is 2.78. The van der Waals surface area contributed by atoms with Crippen LogP contribution in [0.3, 0.4) is 0 Å². The molecule has 0 saturated heterocycles. The lowest BCUT2D eigenvalue weighted by Crippen LogP contribution is -2.14. The average Bonchev–Trinajstić information content (AvgIpc) is 2.99. The van der Waals surface area contributed by atoms with E-state index in [-0.39, 0.29) is 11.0 Å². The van der Waals surface area contributed by atoms with Crippen molar-refractivity contribution in [3.63, 3.8) is 0 Å². The summed E-state index contributed by atoms with van der Waals surface area (Å²) in [5.74, 6) is 0.462. The maximum absolute atomic E-state index is 12.5. The number of aromatic nitrogens is 2. The fraction of sp³-hybridized carbons (Fsp3) is 0.438. The number of ketones is 1. The molecular formula is C16H22N4O3S3. The molecule has 1 atom stereocenters. The Kier molecular flexibility index (Phi) is 7.01. The molecule has 1 aromatic carbocycles. The Labute approximate surface area is 162 Å². The van der Waals surface area contributed by atoms with E-state index in [1.807, 2.05) is 6.92 Å². The molecule has 0 radical (unpaired) electrons. The Balaban J connectivity index is 1.96. The van der Waals surface area contributed by atoms with E-state index in [4.69, 9.17) is 0 Å². The van der Waals surface area contributed by atoms with Crippen molar-refractivity contribution in [2.75, 3.05) is 22.8 Å². The van der Waals surface area contributed by atoms with Crippen LogP contribution >= 0.6 is 23.1 Å². The first-order valence-electron chi connectivity index (χ1n) is 8.00. The Morgan fingerprint density at radius 2 is 1.85 bits per heavy atom. The van der Waals surface area contributed by atoms with Crippen molar-refractivity contribution in [1.82, 2.24) is 10.2 Å². The molecule has 0 aliphatic rings. The van der Waals surface area contributed by atoms with Crippen molar-refractivity contribution >= 4 is 49.7 Å². The second kappa shape index (κ2) is 8.83. The molecule has 26 heavy (non-hydrogen) atoms. The van der Waals surface area contributed by atoms with Gasteiger partial charge in [0.2, 0.25) is 15.2 Å². The van der Waals surface area contributed by atoms with Crippen LogP contribution in [0.5, 0.6) is 0 Å². The van der Waals surface area contributed by atoms with Gasteiger partial charge in [0, 0.05) is 17.8 Å². The molecule has 2 rings (SSSR count). The standard InChI is InChI=1S/C16H22N4O3S3/c1-10(2)9-17-15-18-19-16(25-15)24-11(3)14(21)12-5-7-13(8-6-12)20-26(4,22)23/h5-8,10-11,20H,9H2,1-4H3,(H,17,18)/t11-/m0/s1. The SMILES string of the molecule is CC(C)CNc1nnc(S[C@@H](C)C(=O)c2ccc(NS(C)(=O)=O)cc2)s1. The number of hydrogen-bond acceptors (Lipinski definition) is 8. The van der Waals surface area contributed by atoms with Gasteiger partial charge in [-0.15, -0.1) is 10.2 Å². The molecule has 0 unspecified atom stereocenters. The third-order valence-corrected chi connectivity index (χ3v) is 5.86. The second-order valence-electron chi connectivity index (χ2n) is 6.22. The van der Waals surface area contributed by atoms with Crippen LogP contribution in [-0.4, -0.2) is 42.4 Å². The summed E-state index contributed by atoms with van der Waals surface area (Å²) in [4.78, 5) is 12.5. The number of carbonyl (C=O) groups excluding carboxylic acids is 1. The highest BCUT2D eigenvalue weighted by Crippen LogP contribution is 2.30. The summed E-state index contributed by atoms with van der Waals surface area (Å²) in [5, 5.41) is 11.8. The second-order valence-corrected chi connectivity index (χ2v) is 10.5. The van der Waals surface area contributed by atoms with Crippen LogP contribution < -0.4 is 10.0 Å². The molecule has 0 amide bonds. The number of benzene rings is 1. The van der Waals surface area contributed by atoms with Crippen LogP contribution in [0.1, 0.15) is 31.1 Å². The molecular weight excluding hydrogens is 392 g/mol. The van der Waals surface area contributed by atoms with Gasteiger partial charge in [-0.05, 0) is 37.1 Å². The fourth-order valence-electron chi connectivity index (χ4n) is 1.98. The number of nitrogens with zero attached hydrogens (tertiary/aromatic N) is 2. The molecule has 0 bridgehead atoms. The third kappa shape index (κ3) is 6.58. The minimum absolute atomic E-state index is 0.0483. The van der Waals surface area contributed by atoms with Crippen molar-refractivity contribution in [3.05, 3.63) is 29.8 Å². The van der Waals surface area contributed by atoms with Crippen molar-refractivity contribution in [3.8, 4) is 0 Å². The van der Waals surface area contributed by atoms with Crippen LogP contribution in [-0.2, 0) is 10.0 Å². The molecule has 1 heterocycles. The number of thioether (sulfide) groups is 1. The molecule has 2 N–H and O–H groups in total. The number of Topliss-reactive ketones (excluding diaryl/α,β-unsaturated/α-hetero) is 1. The molecule has 0 fully saturated rings. The van der Waals surface area contributed by atoms with Gasteiger partial charge >= 0.3 is 0 Å². The van der Waals surface area contributed by atoms with Gasteiger partial charge < -0.3 is 5.32 Å². The number of rotatable bonds is 9. The summed E-state index contributed by atoms with van der Waals surface area (Å²) in [5.41, 5.74) is 0.945. The number of nitrogens with one attached hydrogen (secondary N) is 2. The monoisotopic (exact) mass is 414 g/mol. The predicted molar refractivity (Wildman–Crippen MR) is 108 cm³/mol. The molecule has 142 valence electrons. The Bertz CT molecular complexity index is 848. The molecule has 0 spiro atoms. The van der Waals surface area contributed by atoms with E-state index in [9.17, 15) is 13.2 Å². The summed E-state index contributed by atoms with van der Waals surface area (Å²) in [6, 6.07) is 6.38. The topological polar surface area (TPSA) is 101 Å². The van der Waals surface area contributed by atoms with Gasteiger partial charge in [0.1, 0.15) is 0 Å². The van der Waals surface area contributed by atoms with Gasteiger partial charge in [-0.1, -0.05) is 36.9 Å². The predicted octanol–water partition coefficient (Wildman–Crippen LogP) is 3.34. The van der Waals surface area contributed by atoms with Crippen LogP contribution in [0.2, 0.25) is 0 Å². The summed E-state index contributed by atoms with van der Waals surface area (Å²) in [6.07, 6.45) is 1.08. The summed E-state index contributed by atoms with van der Waals surface area (Å²) < 4.78 is 25.5. The zero-order valence-electron chi connectivity index (χ0n) is 15.0. The lowest BCUT2D eigenvalue weighted by atomic mass is 10.1. The first-order chi connectivity index (χ1) is 12.1. The fourth-order valence-corrected chi connectivity index (χ4v) is 4.52. The van der Waals surface area contributed by atoms with E-state index < -0.39 is 10.0 Å². The highest BCUT2D eigenvalue weighted by atomic mass is 32.2. The minimum Gasteiger partial charge on any atom is -0.360 e. The molecule has 0 aliphatic carbocycles. The highest BCUT2D eigenvalue weighted by molar-refractivity contribution is 8.02. The van der Waals surface area contributed by atoms with Gasteiger partial charge in [0.15, 0.2) is 10.1 Å². The third-order valence-electron chi connectivity index (χ3n) is 3.19. The van der Waals surface area contributed by atoms with Crippen LogP contribution in [0.15, 0.2) is 28.6 Å². The van der Waals surface area contributed by atoms with E-state index in [1.165, 1.54) is 23.1 Å². The first-order valence-corrected chi connectivity index (χ1v) is 11.6. The zero-order chi connectivity index (χ0) is 19.3. The normalized spacial score (nSPS) is 12.8. The van der Waals surface area contributed by atoms with Crippen LogP contribution in [0.25, 0.3) is 0 Å². The van der Waals surface area contributed by atoms with Gasteiger partial charge in [-0.25, -0.2) is 8.42 Å². The Morgan fingerprint density at radius 1 is 1.19 bits per heavy atom. The number of sulfonamides is 1. The number of hydrogen-bond donors (Lipinski definition) is 2. The van der Waals surface area contributed by atoms with E-state index in [0.29, 0.717) is 17.2 Å². The van der Waals surface area contributed by atoms with Crippen molar-refractivity contribution in [2.45, 2.75) is 30.4 Å². The molecule has 7 nitrogen and oxygen atoms in total. The Morgan fingerprint density at radius 3 is 2.42 bits per heavy atom.